The third-order valence-corrected chi connectivity index (χ3v) is 2.73. The van der Waals surface area contributed by atoms with Crippen molar-refractivity contribution in [3.8, 4) is 0 Å². The van der Waals surface area contributed by atoms with Crippen molar-refractivity contribution >= 4 is 11.7 Å². The number of aliphatic hydroxyl groups is 1. The SMILES string of the molecule is COCC(O)CCNc1ccc(C(F)(F)F)cc1C(=O)O. The summed E-state index contributed by atoms with van der Waals surface area (Å²) in [7, 11) is 1.43. The number of carboxylic acid groups (broad SMARTS) is 1. The monoisotopic (exact) mass is 307 g/mol. The minimum Gasteiger partial charge on any atom is -0.478 e. The number of nitrogens with one attached hydrogen (secondary N) is 1. The van der Waals surface area contributed by atoms with Gasteiger partial charge in [-0.2, -0.15) is 13.2 Å². The highest BCUT2D eigenvalue weighted by Crippen LogP contribution is 2.31. The van der Waals surface area contributed by atoms with E-state index < -0.39 is 29.4 Å². The summed E-state index contributed by atoms with van der Waals surface area (Å²) in [5.74, 6) is -1.46. The van der Waals surface area contributed by atoms with Crippen LogP contribution in [0.5, 0.6) is 0 Å². The van der Waals surface area contributed by atoms with Gasteiger partial charge < -0.3 is 20.3 Å². The first-order chi connectivity index (χ1) is 9.75. The van der Waals surface area contributed by atoms with Crippen molar-refractivity contribution in [2.45, 2.75) is 18.7 Å². The molecule has 0 heterocycles. The Bertz CT molecular complexity index is 491. The first kappa shape index (κ1) is 17.3. The van der Waals surface area contributed by atoms with E-state index in [1.807, 2.05) is 0 Å². The van der Waals surface area contributed by atoms with Gasteiger partial charge in [-0.05, 0) is 24.6 Å². The molecule has 21 heavy (non-hydrogen) atoms. The van der Waals surface area contributed by atoms with Crippen molar-refractivity contribution in [3.05, 3.63) is 29.3 Å². The molecule has 0 amide bonds. The maximum atomic E-state index is 12.5. The third kappa shape index (κ3) is 5.24. The minimum atomic E-state index is -4.60. The second-order valence-corrected chi connectivity index (χ2v) is 4.39. The molecule has 0 spiro atoms. The molecule has 1 aromatic carbocycles. The number of aliphatic hydroxyl groups excluding tert-OH is 1. The number of anilines is 1. The summed E-state index contributed by atoms with van der Waals surface area (Å²) in [5.41, 5.74) is -1.42. The van der Waals surface area contributed by atoms with E-state index in [1.165, 1.54) is 7.11 Å². The van der Waals surface area contributed by atoms with Crippen molar-refractivity contribution < 1.29 is 32.9 Å². The first-order valence-electron chi connectivity index (χ1n) is 6.11. The zero-order valence-corrected chi connectivity index (χ0v) is 11.3. The standard InChI is InChI=1S/C13H16F3NO4/c1-21-7-9(18)4-5-17-11-3-2-8(13(14,15)16)6-10(11)12(19)20/h2-3,6,9,17-18H,4-5,7H2,1H3,(H,19,20). The molecule has 0 aromatic heterocycles. The number of halogens is 3. The molecular formula is C13H16F3NO4. The van der Waals surface area contributed by atoms with Crippen molar-refractivity contribution in [2.24, 2.45) is 0 Å². The Morgan fingerprint density at radius 1 is 1.43 bits per heavy atom. The molecule has 1 unspecified atom stereocenters. The molecule has 0 aliphatic heterocycles. The van der Waals surface area contributed by atoms with Crippen molar-refractivity contribution in [2.75, 3.05) is 25.6 Å². The van der Waals surface area contributed by atoms with E-state index in [2.05, 4.69) is 5.32 Å². The molecule has 1 rings (SSSR count). The number of hydrogen-bond donors (Lipinski definition) is 3. The average Bonchev–Trinajstić information content (AvgIpc) is 2.37. The van der Waals surface area contributed by atoms with Crippen LogP contribution in [0.3, 0.4) is 0 Å². The molecule has 1 aromatic rings. The molecule has 3 N–H and O–H groups in total. The van der Waals surface area contributed by atoms with Crippen LogP contribution in [0.2, 0.25) is 0 Å². The Balaban J connectivity index is 2.80. The summed E-state index contributed by atoms with van der Waals surface area (Å²) in [5, 5.41) is 21.1. The molecule has 0 saturated heterocycles. The molecule has 5 nitrogen and oxygen atoms in total. The summed E-state index contributed by atoms with van der Waals surface area (Å²) in [4.78, 5) is 11.0. The molecule has 0 bridgehead atoms. The Hall–Kier alpha value is -1.80. The number of alkyl halides is 3. The van der Waals surface area contributed by atoms with Crippen molar-refractivity contribution in [1.29, 1.82) is 0 Å². The van der Waals surface area contributed by atoms with E-state index in [1.54, 1.807) is 0 Å². The fourth-order valence-corrected chi connectivity index (χ4v) is 1.70. The molecule has 0 saturated carbocycles. The van der Waals surface area contributed by atoms with Gasteiger partial charge in [-0.3, -0.25) is 0 Å². The zero-order valence-electron chi connectivity index (χ0n) is 11.3. The van der Waals surface area contributed by atoms with Crippen LogP contribution in [-0.4, -0.2) is 42.5 Å². The maximum Gasteiger partial charge on any atom is 0.416 e. The Morgan fingerprint density at radius 2 is 2.10 bits per heavy atom. The quantitative estimate of drug-likeness (QED) is 0.720. The molecular weight excluding hydrogens is 291 g/mol. The van der Waals surface area contributed by atoms with E-state index >= 15 is 0 Å². The van der Waals surface area contributed by atoms with E-state index in [0.29, 0.717) is 6.07 Å². The fraction of sp³-hybridized carbons (Fsp3) is 0.462. The van der Waals surface area contributed by atoms with Gasteiger partial charge in [0.2, 0.25) is 0 Å². The summed E-state index contributed by atoms with van der Waals surface area (Å²) < 4.78 is 42.4. The number of rotatable bonds is 7. The van der Waals surface area contributed by atoms with Crippen LogP contribution >= 0.6 is 0 Å². The van der Waals surface area contributed by atoms with Crippen molar-refractivity contribution in [3.63, 3.8) is 0 Å². The number of methoxy groups -OCH3 is 1. The lowest BCUT2D eigenvalue weighted by molar-refractivity contribution is -0.137. The van der Waals surface area contributed by atoms with Crippen LogP contribution in [0.25, 0.3) is 0 Å². The maximum absolute atomic E-state index is 12.5. The van der Waals surface area contributed by atoms with E-state index in [-0.39, 0.29) is 25.3 Å². The van der Waals surface area contributed by atoms with Crippen LogP contribution in [0.4, 0.5) is 18.9 Å². The van der Waals surface area contributed by atoms with Gasteiger partial charge in [0, 0.05) is 19.3 Å². The Morgan fingerprint density at radius 3 is 2.62 bits per heavy atom. The van der Waals surface area contributed by atoms with Gasteiger partial charge in [0.25, 0.3) is 0 Å². The average molecular weight is 307 g/mol. The van der Waals surface area contributed by atoms with Gasteiger partial charge in [-0.1, -0.05) is 0 Å². The number of carbonyl (C=O) groups is 1. The number of carboxylic acids is 1. The van der Waals surface area contributed by atoms with Crippen LogP contribution < -0.4 is 5.32 Å². The zero-order chi connectivity index (χ0) is 16.0. The van der Waals surface area contributed by atoms with Gasteiger partial charge >= 0.3 is 12.1 Å². The van der Waals surface area contributed by atoms with Crippen LogP contribution in [0.15, 0.2) is 18.2 Å². The topological polar surface area (TPSA) is 78.8 Å². The Labute approximate surface area is 119 Å². The molecule has 0 radical (unpaired) electrons. The van der Waals surface area contributed by atoms with Gasteiger partial charge in [0.05, 0.1) is 23.8 Å². The summed E-state index contributed by atoms with van der Waals surface area (Å²) in [6, 6.07) is 2.45. The highest BCUT2D eigenvalue weighted by molar-refractivity contribution is 5.94. The number of aromatic carboxylic acids is 1. The smallest absolute Gasteiger partial charge is 0.416 e. The summed E-state index contributed by atoms with van der Waals surface area (Å²) in [6.07, 6.45) is -5.06. The Kier molecular flexibility index (Phi) is 5.98. The van der Waals surface area contributed by atoms with E-state index in [9.17, 15) is 23.1 Å². The largest absolute Gasteiger partial charge is 0.478 e. The minimum absolute atomic E-state index is 0.0696. The van der Waals surface area contributed by atoms with Gasteiger partial charge in [-0.15, -0.1) is 0 Å². The number of hydrogen-bond acceptors (Lipinski definition) is 4. The second kappa shape index (κ2) is 7.28. The van der Waals surface area contributed by atoms with E-state index in [4.69, 9.17) is 9.84 Å². The lowest BCUT2D eigenvalue weighted by atomic mass is 10.1. The number of ether oxygens (including phenoxy) is 1. The normalized spacial score (nSPS) is 13.0. The van der Waals surface area contributed by atoms with Gasteiger partial charge in [-0.25, -0.2) is 4.79 Å². The second-order valence-electron chi connectivity index (χ2n) is 4.39. The molecule has 0 fully saturated rings. The predicted molar refractivity (Wildman–Crippen MR) is 69.4 cm³/mol. The first-order valence-corrected chi connectivity index (χ1v) is 6.11. The van der Waals surface area contributed by atoms with Gasteiger partial charge in [0.1, 0.15) is 0 Å². The lowest BCUT2D eigenvalue weighted by Crippen LogP contribution is -2.19. The van der Waals surface area contributed by atoms with Crippen LogP contribution in [0.1, 0.15) is 22.3 Å². The van der Waals surface area contributed by atoms with Gasteiger partial charge in [0.15, 0.2) is 0 Å². The predicted octanol–water partition coefficient (Wildman–Crippen LogP) is 2.21. The highest BCUT2D eigenvalue weighted by Gasteiger charge is 2.31. The summed E-state index contributed by atoms with van der Waals surface area (Å²) in [6.45, 7) is 0.330. The van der Waals surface area contributed by atoms with Crippen LogP contribution in [-0.2, 0) is 10.9 Å². The molecule has 0 aliphatic carbocycles. The molecule has 0 aliphatic rings. The molecule has 118 valence electrons. The van der Waals surface area contributed by atoms with Crippen molar-refractivity contribution in [1.82, 2.24) is 0 Å². The third-order valence-electron chi connectivity index (χ3n) is 2.73. The molecule has 8 heteroatoms. The number of benzene rings is 1. The van der Waals surface area contributed by atoms with Crippen LogP contribution in [0, 0.1) is 0 Å². The van der Waals surface area contributed by atoms with E-state index in [0.717, 1.165) is 12.1 Å². The fourth-order valence-electron chi connectivity index (χ4n) is 1.70. The molecule has 1 atom stereocenters. The highest BCUT2D eigenvalue weighted by atomic mass is 19.4. The summed E-state index contributed by atoms with van der Waals surface area (Å²) >= 11 is 0. The lowest BCUT2D eigenvalue weighted by Gasteiger charge is -2.14.